The molecule has 0 saturated carbocycles. The second-order valence-electron chi connectivity index (χ2n) is 4.26. The van der Waals surface area contributed by atoms with Gasteiger partial charge in [-0.05, 0) is 5.56 Å². The van der Waals surface area contributed by atoms with Gasteiger partial charge < -0.3 is 4.74 Å². The van der Waals surface area contributed by atoms with Crippen LogP contribution in [-0.4, -0.2) is 31.0 Å². The summed E-state index contributed by atoms with van der Waals surface area (Å²) >= 11 is 0. The number of halogens is 3. The van der Waals surface area contributed by atoms with Gasteiger partial charge in [-0.2, -0.15) is 13.2 Å². The molecule has 0 amide bonds. The molecule has 2 atom stereocenters. The summed E-state index contributed by atoms with van der Waals surface area (Å²) in [6.07, 6.45) is -4.77. The van der Waals surface area contributed by atoms with Gasteiger partial charge in [0.15, 0.2) is 6.04 Å². The summed E-state index contributed by atoms with van der Waals surface area (Å²) in [6, 6.07) is 7.04. The van der Waals surface area contributed by atoms with Crippen LogP contribution in [0.1, 0.15) is 12.0 Å². The molecule has 1 aliphatic rings. The largest absolute Gasteiger partial charge is 0.467 e. The van der Waals surface area contributed by atoms with Crippen molar-refractivity contribution in [1.82, 2.24) is 0 Å². The highest BCUT2D eigenvalue weighted by Gasteiger charge is 2.51. The highest BCUT2D eigenvalue weighted by atomic mass is 19.4. The summed E-state index contributed by atoms with van der Waals surface area (Å²) in [6.45, 7) is 0. The number of methoxy groups -OCH3 is 1. The summed E-state index contributed by atoms with van der Waals surface area (Å²) in [5.41, 5.74) is 0.890. The SMILES string of the molecule is COC(=O)[C@@H]1N=C(c2ccccc2)C[C@H]1C(F)(F)F. The van der Waals surface area contributed by atoms with Crippen molar-refractivity contribution in [1.29, 1.82) is 0 Å². The number of alkyl halides is 3. The monoisotopic (exact) mass is 271 g/mol. The fourth-order valence-corrected chi connectivity index (χ4v) is 2.09. The molecule has 1 aromatic carbocycles. The molecule has 0 spiro atoms. The number of carbonyl (C=O) groups is 1. The number of hydrogen-bond acceptors (Lipinski definition) is 3. The van der Waals surface area contributed by atoms with Gasteiger partial charge in [0.25, 0.3) is 0 Å². The topological polar surface area (TPSA) is 38.7 Å². The van der Waals surface area contributed by atoms with Crippen LogP contribution in [0.3, 0.4) is 0 Å². The molecule has 1 heterocycles. The van der Waals surface area contributed by atoms with Crippen molar-refractivity contribution in [3.63, 3.8) is 0 Å². The minimum absolute atomic E-state index is 0.290. The summed E-state index contributed by atoms with van der Waals surface area (Å²) in [5.74, 6) is -2.76. The molecule has 0 bridgehead atoms. The third-order valence-corrected chi connectivity index (χ3v) is 3.06. The first kappa shape index (κ1) is 13.6. The Morgan fingerprint density at radius 1 is 1.32 bits per heavy atom. The Kier molecular flexibility index (Phi) is 3.59. The molecule has 0 fully saturated rings. The van der Waals surface area contributed by atoms with Gasteiger partial charge in [-0.1, -0.05) is 30.3 Å². The average Bonchev–Trinajstić information content (AvgIpc) is 2.84. The van der Waals surface area contributed by atoms with E-state index in [-0.39, 0.29) is 6.42 Å². The van der Waals surface area contributed by atoms with Gasteiger partial charge in [-0.3, -0.25) is 4.99 Å². The van der Waals surface area contributed by atoms with E-state index in [0.717, 1.165) is 7.11 Å². The fraction of sp³-hybridized carbons (Fsp3) is 0.385. The molecule has 0 radical (unpaired) electrons. The van der Waals surface area contributed by atoms with E-state index in [0.29, 0.717) is 11.3 Å². The number of rotatable bonds is 2. The van der Waals surface area contributed by atoms with E-state index >= 15 is 0 Å². The zero-order valence-corrected chi connectivity index (χ0v) is 10.1. The maximum absolute atomic E-state index is 12.9. The third-order valence-electron chi connectivity index (χ3n) is 3.06. The number of esters is 1. The molecule has 1 aromatic rings. The lowest BCUT2D eigenvalue weighted by atomic mass is 9.95. The number of ether oxygens (including phenoxy) is 1. The molecule has 0 N–H and O–H groups in total. The second-order valence-corrected chi connectivity index (χ2v) is 4.26. The Morgan fingerprint density at radius 2 is 1.95 bits per heavy atom. The predicted molar refractivity (Wildman–Crippen MR) is 62.9 cm³/mol. The standard InChI is InChI=1S/C13H12F3NO2/c1-19-12(18)11-9(13(14,15)16)7-10(17-11)8-5-3-2-4-6-8/h2-6,9,11H,7H2,1H3/t9-,11-/m1/s1. The first-order valence-electron chi connectivity index (χ1n) is 5.70. The maximum atomic E-state index is 12.9. The van der Waals surface area contributed by atoms with Crippen LogP contribution in [0.15, 0.2) is 35.3 Å². The zero-order chi connectivity index (χ0) is 14.0. The molecular weight excluding hydrogens is 259 g/mol. The summed E-state index contributed by atoms with van der Waals surface area (Å²) in [7, 11) is 1.06. The lowest BCUT2D eigenvalue weighted by Crippen LogP contribution is -2.36. The van der Waals surface area contributed by atoms with Gasteiger partial charge in [-0.15, -0.1) is 0 Å². The van der Waals surface area contributed by atoms with Crippen LogP contribution < -0.4 is 0 Å². The smallest absolute Gasteiger partial charge is 0.394 e. The van der Waals surface area contributed by atoms with Crippen LogP contribution in [0.25, 0.3) is 0 Å². The van der Waals surface area contributed by atoms with Gasteiger partial charge in [0.05, 0.1) is 13.0 Å². The molecule has 2 rings (SSSR count). The quantitative estimate of drug-likeness (QED) is 0.775. The highest BCUT2D eigenvalue weighted by Crippen LogP contribution is 2.38. The summed E-state index contributed by atoms with van der Waals surface area (Å²) in [5, 5.41) is 0. The van der Waals surface area contributed by atoms with Crippen LogP contribution in [0, 0.1) is 5.92 Å². The molecule has 0 saturated heterocycles. The van der Waals surface area contributed by atoms with E-state index in [4.69, 9.17) is 0 Å². The molecule has 6 heteroatoms. The normalized spacial score (nSPS) is 23.1. The lowest BCUT2D eigenvalue weighted by Gasteiger charge is -2.18. The zero-order valence-electron chi connectivity index (χ0n) is 10.1. The number of nitrogens with zero attached hydrogens (tertiary/aromatic N) is 1. The van der Waals surface area contributed by atoms with E-state index in [1.807, 2.05) is 0 Å². The summed E-state index contributed by atoms with van der Waals surface area (Å²) in [4.78, 5) is 15.3. The molecule has 0 aliphatic carbocycles. The van der Waals surface area contributed by atoms with Crippen LogP contribution in [0.5, 0.6) is 0 Å². The number of carbonyl (C=O) groups excluding carboxylic acids is 1. The minimum atomic E-state index is -4.47. The minimum Gasteiger partial charge on any atom is -0.467 e. The van der Waals surface area contributed by atoms with Crippen molar-refractivity contribution >= 4 is 11.7 Å². The van der Waals surface area contributed by atoms with E-state index in [9.17, 15) is 18.0 Å². The van der Waals surface area contributed by atoms with Crippen molar-refractivity contribution in [3.05, 3.63) is 35.9 Å². The van der Waals surface area contributed by atoms with Crippen molar-refractivity contribution in [2.24, 2.45) is 10.9 Å². The van der Waals surface area contributed by atoms with Crippen LogP contribution in [-0.2, 0) is 9.53 Å². The average molecular weight is 271 g/mol. The van der Waals surface area contributed by atoms with E-state index in [1.54, 1.807) is 30.3 Å². The van der Waals surface area contributed by atoms with Crippen LogP contribution in [0.2, 0.25) is 0 Å². The van der Waals surface area contributed by atoms with Gasteiger partial charge in [0.2, 0.25) is 0 Å². The van der Waals surface area contributed by atoms with E-state index < -0.39 is 24.1 Å². The molecule has 0 unspecified atom stereocenters. The molecule has 1 aliphatic heterocycles. The Morgan fingerprint density at radius 3 is 2.47 bits per heavy atom. The molecule has 19 heavy (non-hydrogen) atoms. The van der Waals surface area contributed by atoms with Crippen molar-refractivity contribution in [2.45, 2.75) is 18.6 Å². The number of benzene rings is 1. The molecule has 102 valence electrons. The Bertz CT molecular complexity index is 496. The number of hydrogen-bond donors (Lipinski definition) is 0. The highest BCUT2D eigenvalue weighted by molar-refractivity contribution is 6.04. The Balaban J connectivity index is 2.32. The van der Waals surface area contributed by atoms with E-state index in [1.165, 1.54) is 0 Å². The third kappa shape index (κ3) is 2.77. The van der Waals surface area contributed by atoms with Gasteiger partial charge in [0.1, 0.15) is 0 Å². The van der Waals surface area contributed by atoms with Crippen molar-refractivity contribution < 1.29 is 22.7 Å². The van der Waals surface area contributed by atoms with Gasteiger partial charge in [0, 0.05) is 12.1 Å². The Labute approximate surface area is 108 Å². The summed E-state index contributed by atoms with van der Waals surface area (Å²) < 4.78 is 43.1. The fourth-order valence-electron chi connectivity index (χ4n) is 2.09. The Hall–Kier alpha value is -1.85. The molecule has 3 nitrogen and oxygen atoms in total. The van der Waals surface area contributed by atoms with E-state index in [2.05, 4.69) is 9.73 Å². The van der Waals surface area contributed by atoms with Gasteiger partial charge in [-0.25, -0.2) is 4.79 Å². The lowest BCUT2D eigenvalue weighted by molar-refractivity contribution is -0.183. The maximum Gasteiger partial charge on any atom is 0.394 e. The van der Waals surface area contributed by atoms with Crippen molar-refractivity contribution in [3.8, 4) is 0 Å². The predicted octanol–water partition coefficient (Wildman–Crippen LogP) is 2.60. The van der Waals surface area contributed by atoms with Gasteiger partial charge >= 0.3 is 12.1 Å². The second kappa shape index (κ2) is 5.03. The van der Waals surface area contributed by atoms with Crippen LogP contribution in [0.4, 0.5) is 13.2 Å². The van der Waals surface area contributed by atoms with Crippen LogP contribution >= 0.6 is 0 Å². The number of aliphatic imine (C=N–C) groups is 1. The van der Waals surface area contributed by atoms with Crippen molar-refractivity contribution in [2.75, 3.05) is 7.11 Å². The molecule has 0 aromatic heterocycles. The molecular formula is C13H12F3NO2. The first-order chi connectivity index (χ1) is 8.93. The first-order valence-corrected chi connectivity index (χ1v) is 5.70.